The Kier molecular flexibility index (Phi) is 4.81. The van der Waals surface area contributed by atoms with Gasteiger partial charge in [-0.3, -0.25) is 4.90 Å². The number of rotatable bonds is 6. The van der Waals surface area contributed by atoms with Crippen molar-refractivity contribution >= 4 is 0 Å². The van der Waals surface area contributed by atoms with Gasteiger partial charge in [-0.1, -0.05) is 12.8 Å². The average Bonchev–Trinajstić information content (AvgIpc) is 3.27. The van der Waals surface area contributed by atoms with Gasteiger partial charge in [0.15, 0.2) is 0 Å². The zero-order chi connectivity index (χ0) is 13.1. The minimum atomic E-state index is 0.812. The lowest BCUT2D eigenvalue weighted by Gasteiger charge is -2.47. The van der Waals surface area contributed by atoms with Crippen LogP contribution < -0.4 is 5.32 Å². The first-order chi connectivity index (χ1) is 9.34. The van der Waals surface area contributed by atoms with Crippen LogP contribution in [0.5, 0.6) is 0 Å². The quantitative estimate of drug-likeness (QED) is 0.738. The van der Waals surface area contributed by atoms with Gasteiger partial charge in [-0.05, 0) is 77.3 Å². The van der Waals surface area contributed by atoms with Gasteiger partial charge in [-0.15, -0.1) is 0 Å². The number of nitrogens with zero attached hydrogens (tertiary/aromatic N) is 1. The Labute approximate surface area is 119 Å². The first-order valence-corrected chi connectivity index (χ1v) is 8.84. The fourth-order valence-corrected chi connectivity index (χ4v) is 4.37. The van der Waals surface area contributed by atoms with Crippen LogP contribution in [0.25, 0.3) is 0 Å². The van der Waals surface area contributed by atoms with Crippen molar-refractivity contribution in [1.82, 2.24) is 10.2 Å². The third-order valence-corrected chi connectivity index (χ3v) is 5.66. The summed E-state index contributed by atoms with van der Waals surface area (Å²) in [5.74, 6) is 1.04. The largest absolute Gasteiger partial charge is 0.314 e. The summed E-state index contributed by atoms with van der Waals surface area (Å²) in [4.78, 5) is 2.88. The third-order valence-electron chi connectivity index (χ3n) is 5.66. The zero-order valence-corrected chi connectivity index (χ0v) is 12.7. The molecule has 110 valence electrons. The molecule has 1 N–H and O–H groups in total. The molecule has 0 aromatic carbocycles. The van der Waals surface area contributed by atoms with Crippen LogP contribution in [0.3, 0.4) is 0 Å². The highest BCUT2D eigenvalue weighted by Crippen LogP contribution is 2.36. The van der Waals surface area contributed by atoms with E-state index >= 15 is 0 Å². The molecular formula is C17H32N2. The van der Waals surface area contributed by atoms with Crippen LogP contribution in [0.2, 0.25) is 0 Å². The summed E-state index contributed by atoms with van der Waals surface area (Å²) in [6.45, 7) is 5.10. The first kappa shape index (κ1) is 13.9. The van der Waals surface area contributed by atoms with Crippen molar-refractivity contribution in [2.24, 2.45) is 5.92 Å². The van der Waals surface area contributed by atoms with Gasteiger partial charge >= 0.3 is 0 Å². The van der Waals surface area contributed by atoms with E-state index in [0.717, 1.165) is 24.0 Å². The van der Waals surface area contributed by atoms with E-state index in [-0.39, 0.29) is 0 Å². The smallest absolute Gasteiger partial charge is 0.0126 e. The van der Waals surface area contributed by atoms with Crippen LogP contribution in [0.1, 0.15) is 71.1 Å². The number of fused-ring (bicyclic) bond motifs is 1. The molecule has 0 radical (unpaired) electrons. The highest BCUT2D eigenvalue weighted by molar-refractivity contribution is 4.89. The molecule has 3 unspecified atom stereocenters. The van der Waals surface area contributed by atoms with Gasteiger partial charge in [0.2, 0.25) is 0 Å². The Balaban J connectivity index is 1.42. The van der Waals surface area contributed by atoms with Gasteiger partial charge in [-0.2, -0.15) is 0 Å². The molecular weight excluding hydrogens is 232 g/mol. The lowest BCUT2D eigenvalue weighted by molar-refractivity contribution is 0.0282. The Morgan fingerprint density at radius 1 is 1.05 bits per heavy atom. The molecule has 2 nitrogen and oxygen atoms in total. The summed E-state index contributed by atoms with van der Waals surface area (Å²) in [6.07, 6.45) is 14.5. The SMILES string of the molecule is CC(CCCNC1CC1)N1CCCC2CCCCC21. The third kappa shape index (κ3) is 3.72. The van der Waals surface area contributed by atoms with E-state index in [1.807, 2.05) is 0 Å². The van der Waals surface area contributed by atoms with Gasteiger partial charge in [-0.25, -0.2) is 0 Å². The summed E-state index contributed by atoms with van der Waals surface area (Å²) in [5.41, 5.74) is 0. The molecule has 0 amide bonds. The topological polar surface area (TPSA) is 15.3 Å². The van der Waals surface area contributed by atoms with Gasteiger partial charge in [0.25, 0.3) is 0 Å². The average molecular weight is 264 g/mol. The van der Waals surface area contributed by atoms with Gasteiger partial charge in [0.1, 0.15) is 0 Å². The van der Waals surface area contributed by atoms with Gasteiger partial charge in [0, 0.05) is 18.1 Å². The van der Waals surface area contributed by atoms with E-state index in [2.05, 4.69) is 17.1 Å². The Morgan fingerprint density at radius 3 is 2.68 bits per heavy atom. The van der Waals surface area contributed by atoms with E-state index in [1.165, 1.54) is 77.3 Å². The van der Waals surface area contributed by atoms with Crippen LogP contribution in [0, 0.1) is 5.92 Å². The van der Waals surface area contributed by atoms with Crippen LogP contribution in [0.15, 0.2) is 0 Å². The Hall–Kier alpha value is -0.0800. The van der Waals surface area contributed by atoms with Crippen molar-refractivity contribution < 1.29 is 0 Å². The van der Waals surface area contributed by atoms with Gasteiger partial charge in [0.05, 0.1) is 0 Å². The monoisotopic (exact) mass is 264 g/mol. The van der Waals surface area contributed by atoms with Crippen LogP contribution in [-0.2, 0) is 0 Å². The molecule has 1 aliphatic heterocycles. The summed E-state index contributed by atoms with van der Waals surface area (Å²) in [5, 5.41) is 3.65. The zero-order valence-electron chi connectivity index (χ0n) is 12.7. The van der Waals surface area contributed by atoms with E-state index < -0.39 is 0 Å². The molecule has 2 saturated carbocycles. The summed E-state index contributed by atoms with van der Waals surface area (Å²) in [6, 6.07) is 2.63. The summed E-state index contributed by atoms with van der Waals surface area (Å²) < 4.78 is 0. The van der Waals surface area contributed by atoms with E-state index in [9.17, 15) is 0 Å². The van der Waals surface area contributed by atoms with Crippen molar-refractivity contribution in [2.75, 3.05) is 13.1 Å². The van der Waals surface area contributed by atoms with Crippen molar-refractivity contribution in [3.05, 3.63) is 0 Å². The number of hydrogen-bond donors (Lipinski definition) is 1. The second-order valence-corrected chi connectivity index (χ2v) is 7.21. The fourth-order valence-electron chi connectivity index (χ4n) is 4.37. The van der Waals surface area contributed by atoms with E-state index in [4.69, 9.17) is 0 Å². The molecule has 19 heavy (non-hydrogen) atoms. The van der Waals surface area contributed by atoms with Crippen LogP contribution in [-0.4, -0.2) is 36.1 Å². The number of piperidine rings is 1. The van der Waals surface area contributed by atoms with Crippen molar-refractivity contribution in [3.63, 3.8) is 0 Å². The number of likely N-dealkylation sites (tertiary alicyclic amines) is 1. The fraction of sp³-hybridized carbons (Fsp3) is 1.00. The molecule has 0 spiro atoms. The van der Waals surface area contributed by atoms with Gasteiger partial charge < -0.3 is 5.32 Å². The molecule has 0 aromatic rings. The first-order valence-electron chi connectivity index (χ1n) is 8.84. The minimum absolute atomic E-state index is 0.812. The molecule has 0 bridgehead atoms. The molecule has 1 heterocycles. The molecule has 2 aliphatic carbocycles. The second kappa shape index (κ2) is 6.58. The molecule has 1 saturated heterocycles. The predicted molar refractivity (Wildman–Crippen MR) is 81.4 cm³/mol. The molecule has 3 atom stereocenters. The molecule has 3 aliphatic rings. The van der Waals surface area contributed by atoms with Crippen LogP contribution >= 0.6 is 0 Å². The normalized spacial score (nSPS) is 33.9. The number of nitrogens with one attached hydrogen (secondary N) is 1. The second-order valence-electron chi connectivity index (χ2n) is 7.21. The maximum Gasteiger partial charge on any atom is 0.0126 e. The maximum atomic E-state index is 3.65. The van der Waals surface area contributed by atoms with Crippen LogP contribution in [0.4, 0.5) is 0 Å². The number of hydrogen-bond acceptors (Lipinski definition) is 2. The van der Waals surface area contributed by atoms with Crippen molar-refractivity contribution in [2.45, 2.75) is 89.3 Å². The molecule has 3 rings (SSSR count). The highest BCUT2D eigenvalue weighted by atomic mass is 15.2. The van der Waals surface area contributed by atoms with E-state index in [0.29, 0.717) is 0 Å². The lowest BCUT2D eigenvalue weighted by Crippen LogP contribution is -2.50. The van der Waals surface area contributed by atoms with E-state index in [1.54, 1.807) is 0 Å². The Bertz CT molecular complexity index is 272. The highest BCUT2D eigenvalue weighted by Gasteiger charge is 2.34. The van der Waals surface area contributed by atoms with Crippen molar-refractivity contribution in [3.8, 4) is 0 Å². The summed E-state index contributed by atoms with van der Waals surface area (Å²) in [7, 11) is 0. The summed E-state index contributed by atoms with van der Waals surface area (Å²) >= 11 is 0. The van der Waals surface area contributed by atoms with Crippen molar-refractivity contribution in [1.29, 1.82) is 0 Å². The standard InChI is InChI=1S/C17H32N2/c1-14(6-4-12-18-16-10-11-16)19-13-5-8-15-7-2-3-9-17(15)19/h14-18H,2-13H2,1H3. The molecule has 2 heteroatoms. The molecule has 3 fully saturated rings. The maximum absolute atomic E-state index is 3.65. The minimum Gasteiger partial charge on any atom is -0.314 e. The molecule has 0 aromatic heterocycles. The Morgan fingerprint density at radius 2 is 1.84 bits per heavy atom. The lowest BCUT2D eigenvalue weighted by atomic mass is 9.77. The predicted octanol–water partition coefficient (Wildman–Crippen LogP) is 3.56.